The first kappa shape index (κ1) is 8.01. The molecular weight excluding hydrogens is 147 g/mol. The zero-order chi connectivity index (χ0) is 8.10. The maximum atomic E-state index is 11.3. The molecule has 0 heterocycles. The molecule has 0 unspecified atom stereocenters. The van der Waals surface area contributed by atoms with Crippen molar-refractivity contribution in [3.05, 3.63) is 29.8 Å². The van der Waals surface area contributed by atoms with Crippen molar-refractivity contribution in [3.63, 3.8) is 0 Å². The second kappa shape index (κ2) is 3.93. The summed E-state index contributed by atoms with van der Waals surface area (Å²) in [5.74, 6) is 0.757. The Labute approximate surface area is 64.5 Å². The Kier molecular flexibility index (Phi) is 2.86. The summed E-state index contributed by atoms with van der Waals surface area (Å²) in [7, 11) is 1.58. The third-order valence-corrected chi connectivity index (χ3v) is 1.38. The van der Waals surface area contributed by atoms with E-state index in [0.717, 1.165) is 11.3 Å². The van der Waals surface area contributed by atoms with Gasteiger partial charge in [0.15, 0.2) is 0 Å². The molecule has 0 N–H and O–H groups in total. The molecule has 0 bridgehead atoms. The zero-order valence-corrected chi connectivity index (χ0v) is 6.21. The van der Waals surface area contributed by atoms with Crippen molar-refractivity contribution in [2.75, 3.05) is 7.11 Å². The zero-order valence-electron chi connectivity index (χ0n) is 6.21. The summed E-state index contributed by atoms with van der Waals surface area (Å²) in [6.45, 7) is -0.00993. The van der Waals surface area contributed by atoms with Crippen LogP contribution in [0.2, 0.25) is 0 Å². The Morgan fingerprint density at radius 1 is 1.27 bits per heavy atom. The second-order valence-electron chi connectivity index (χ2n) is 2.10. The van der Waals surface area contributed by atoms with Crippen LogP contribution in [0.4, 0.5) is 4.53 Å². The second-order valence-corrected chi connectivity index (χ2v) is 2.10. The molecule has 0 aliphatic heterocycles. The first-order valence-corrected chi connectivity index (χ1v) is 3.23. The minimum absolute atomic E-state index is 0.00993. The minimum Gasteiger partial charge on any atom is -0.497 e. The van der Waals surface area contributed by atoms with E-state index in [2.05, 4.69) is 4.94 Å². The molecule has 0 saturated carbocycles. The molecule has 0 aromatic heterocycles. The summed E-state index contributed by atoms with van der Waals surface area (Å²) in [5, 5.41) is 0. The average molecular weight is 156 g/mol. The van der Waals surface area contributed by atoms with E-state index in [1.165, 1.54) is 0 Å². The lowest BCUT2D eigenvalue weighted by Gasteiger charge is -1.99. The number of benzene rings is 1. The lowest BCUT2D eigenvalue weighted by molar-refractivity contribution is -0.144. The third-order valence-electron chi connectivity index (χ3n) is 1.38. The highest BCUT2D eigenvalue weighted by molar-refractivity contribution is 5.26. The van der Waals surface area contributed by atoms with E-state index in [-0.39, 0.29) is 6.61 Å². The highest BCUT2D eigenvalue weighted by Crippen LogP contribution is 2.11. The van der Waals surface area contributed by atoms with Gasteiger partial charge in [-0.2, -0.15) is 4.94 Å². The van der Waals surface area contributed by atoms with E-state index in [1.54, 1.807) is 31.4 Å². The average Bonchev–Trinajstić information content (AvgIpc) is 2.07. The molecule has 1 aromatic rings. The fourth-order valence-corrected chi connectivity index (χ4v) is 0.785. The highest BCUT2D eigenvalue weighted by atomic mass is 19.3. The van der Waals surface area contributed by atoms with Gasteiger partial charge < -0.3 is 4.74 Å². The normalized spacial score (nSPS) is 9.64. The van der Waals surface area contributed by atoms with Gasteiger partial charge in [0.2, 0.25) is 0 Å². The topological polar surface area (TPSA) is 18.5 Å². The molecule has 0 amide bonds. The van der Waals surface area contributed by atoms with Crippen LogP contribution in [0.15, 0.2) is 24.3 Å². The van der Waals surface area contributed by atoms with Crippen molar-refractivity contribution in [2.45, 2.75) is 6.61 Å². The first-order chi connectivity index (χ1) is 5.36. The summed E-state index contributed by atoms with van der Waals surface area (Å²) in [4.78, 5) is 3.46. The van der Waals surface area contributed by atoms with Gasteiger partial charge in [-0.1, -0.05) is 12.1 Å². The fourth-order valence-electron chi connectivity index (χ4n) is 0.785. The molecule has 2 nitrogen and oxygen atoms in total. The lowest BCUT2D eigenvalue weighted by Crippen LogP contribution is -1.85. The van der Waals surface area contributed by atoms with E-state index >= 15 is 0 Å². The molecule has 1 aromatic carbocycles. The maximum absolute atomic E-state index is 11.3. The van der Waals surface area contributed by atoms with E-state index in [1.807, 2.05) is 0 Å². The van der Waals surface area contributed by atoms with Crippen LogP contribution in [0.1, 0.15) is 5.56 Å². The standard InChI is InChI=1S/C8H9FO2/c1-10-8-4-2-7(3-5-8)6-11-9/h2-5H,6H2,1H3. The molecule has 0 saturated heterocycles. The SMILES string of the molecule is COc1ccc(COF)cc1. The van der Waals surface area contributed by atoms with Crippen LogP contribution in [-0.2, 0) is 11.5 Å². The summed E-state index contributed by atoms with van der Waals surface area (Å²) < 4.78 is 16.2. The largest absolute Gasteiger partial charge is 0.497 e. The summed E-state index contributed by atoms with van der Waals surface area (Å²) in [6, 6.07) is 7.01. The van der Waals surface area contributed by atoms with Crippen LogP contribution in [0.3, 0.4) is 0 Å². The van der Waals surface area contributed by atoms with Crippen molar-refractivity contribution < 1.29 is 14.2 Å². The molecule has 1 rings (SSSR count). The predicted octanol–water partition coefficient (Wildman–Crippen LogP) is 2.10. The van der Waals surface area contributed by atoms with Gasteiger partial charge in [0.25, 0.3) is 0 Å². The molecule has 60 valence electrons. The summed E-state index contributed by atoms with van der Waals surface area (Å²) >= 11 is 0. The van der Waals surface area contributed by atoms with Crippen molar-refractivity contribution in [2.24, 2.45) is 0 Å². The van der Waals surface area contributed by atoms with Crippen LogP contribution in [0, 0.1) is 0 Å². The van der Waals surface area contributed by atoms with Gasteiger partial charge >= 0.3 is 0 Å². The molecule has 0 aliphatic carbocycles. The van der Waals surface area contributed by atoms with E-state index in [9.17, 15) is 4.53 Å². The Morgan fingerprint density at radius 2 is 1.91 bits per heavy atom. The molecule has 11 heavy (non-hydrogen) atoms. The number of hydrogen-bond donors (Lipinski definition) is 0. The quantitative estimate of drug-likeness (QED) is 0.667. The molecule has 0 spiro atoms. The van der Waals surface area contributed by atoms with Crippen LogP contribution in [0.25, 0.3) is 0 Å². The van der Waals surface area contributed by atoms with Gasteiger partial charge in [-0.25, -0.2) is 0 Å². The van der Waals surface area contributed by atoms with Gasteiger partial charge in [0.1, 0.15) is 12.4 Å². The van der Waals surface area contributed by atoms with Gasteiger partial charge in [-0.15, -0.1) is 0 Å². The van der Waals surface area contributed by atoms with E-state index < -0.39 is 0 Å². The number of ether oxygens (including phenoxy) is 1. The Balaban J connectivity index is 2.66. The molecular formula is C8H9FO2. The van der Waals surface area contributed by atoms with Crippen LogP contribution in [-0.4, -0.2) is 7.11 Å². The van der Waals surface area contributed by atoms with Crippen LogP contribution >= 0.6 is 0 Å². The Bertz CT molecular complexity index is 208. The van der Waals surface area contributed by atoms with Crippen molar-refractivity contribution in [3.8, 4) is 5.75 Å². The van der Waals surface area contributed by atoms with E-state index in [0.29, 0.717) is 0 Å². The van der Waals surface area contributed by atoms with Gasteiger partial charge in [0.05, 0.1) is 7.11 Å². The van der Waals surface area contributed by atoms with Gasteiger partial charge in [-0.05, 0) is 22.2 Å². The third kappa shape index (κ3) is 2.20. The number of halogens is 1. The smallest absolute Gasteiger partial charge is 0.118 e. The number of methoxy groups -OCH3 is 1. The summed E-state index contributed by atoms with van der Waals surface area (Å²) in [6.07, 6.45) is 0. The molecule has 0 aliphatic rings. The highest BCUT2D eigenvalue weighted by Gasteiger charge is 1.93. The first-order valence-electron chi connectivity index (χ1n) is 3.23. The van der Waals surface area contributed by atoms with Crippen LogP contribution < -0.4 is 4.74 Å². The Hall–Kier alpha value is -1.09. The predicted molar refractivity (Wildman–Crippen MR) is 38.9 cm³/mol. The molecule has 0 radical (unpaired) electrons. The minimum atomic E-state index is -0.00993. The number of rotatable bonds is 3. The van der Waals surface area contributed by atoms with Crippen molar-refractivity contribution in [1.29, 1.82) is 0 Å². The van der Waals surface area contributed by atoms with E-state index in [4.69, 9.17) is 4.74 Å². The fraction of sp³-hybridized carbons (Fsp3) is 0.250. The molecule has 0 atom stereocenters. The maximum Gasteiger partial charge on any atom is 0.118 e. The lowest BCUT2D eigenvalue weighted by atomic mass is 10.2. The van der Waals surface area contributed by atoms with Gasteiger partial charge in [0, 0.05) is 0 Å². The molecule has 0 fully saturated rings. The summed E-state index contributed by atoms with van der Waals surface area (Å²) in [5.41, 5.74) is 0.785. The Morgan fingerprint density at radius 3 is 2.36 bits per heavy atom. The van der Waals surface area contributed by atoms with Crippen molar-refractivity contribution in [1.82, 2.24) is 0 Å². The number of hydrogen-bond acceptors (Lipinski definition) is 2. The van der Waals surface area contributed by atoms with Gasteiger partial charge in [-0.3, -0.25) is 0 Å². The van der Waals surface area contributed by atoms with Crippen molar-refractivity contribution >= 4 is 0 Å². The monoisotopic (exact) mass is 156 g/mol. The van der Waals surface area contributed by atoms with Crippen LogP contribution in [0.5, 0.6) is 5.75 Å². The molecule has 3 heteroatoms.